The van der Waals surface area contributed by atoms with Gasteiger partial charge in [-0.3, -0.25) is 13.9 Å². The van der Waals surface area contributed by atoms with Gasteiger partial charge in [0.2, 0.25) is 11.8 Å². The lowest BCUT2D eigenvalue weighted by Crippen LogP contribution is -2.53. The SMILES string of the molecule is CC[C@H](C)NC(=O)[C@H](CC)N(Cc1c(Cl)cccc1Cl)C(=O)CN(c1cccc(Cl)c1)S(=O)(=O)c1ccc(OC)cc1. The number of amides is 2. The highest BCUT2D eigenvalue weighted by Gasteiger charge is 2.34. The third-order valence-corrected chi connectivity index (χ3v) is 9.53. The van der Waals surface area contributed by atoms with E-state index in [1.165, 1.54) is 42.3 Å². The van der Waals surface area contributed by atoms with Crippen molar-refractivity contribution in [2.45, 2.75) is 57.1 Å². The molecule has 0 saturated carbocycles. The lowest BCUT2D eigenvalue weighted by Gasteiger charge is -2.34. The van der Waals surface area contributed by atoms with Gasteiger partial charge < -0.3 is 15.0 Å². The van der Waals surface area contributed by atoms with E-state index in [0.29, 0.717) is 27.8 Å². The van der Waals surface area contributed by atoms with Crippen molar-refractivity contribution in [1.82, 2.24) is 10.2 Å². The topological polar surface area (TPSA) is 96.0 Å². The van der Waals surface area contributed by atoms with Crippen molar-refractivity contribution >= 4 is 62.3 Å². The number of carbonyl (C=O) groups excluding carboxylic acids is 2. The van der Waals surface area contributed by atoms with Crippen LogP contribution in [0.3, 0.4) is 0 Å². The number of hydrogen-bond donors (Lipinski definition) is 1. The molecule has 0 radical (unpaired) electrons. The van der Waals surface area contributed by atoms with Gasteiger partial charge in [-0.2, -0.15) is 0 Å². The summed E-state index contributed by atoms with van der Waals surface area (Å²) in [5, 5.41) is 3.85. The Balaban J connectivity index is 2.10. The van der Waals surface area contributed by atoms with E-state index in [9.17, 15) is 18.0 Å². The second kappa shape index (κ2) is 15.0. The number of hydrogen-bond acceptors (Lipinski definition) is 5. The molecule has 0 aliphatic carbocycles. The summed E-state index contributed by atoms with van der Waals surface area (Å²) >= 11 is 19.1. The predicted octanol–water partition coefficient (Wildman–Crippen LogP) is 6.57. The maximum Gasteiger partial charge on any atom is 0.264 e. The molecule has 0 bridgehead atoms. The average Bonchev–Trinajstić information content (AvgIpc) is 2.96. The Labute approximate surface area is 262 Å². The number of benzene rings is 3. The van der Waals surface area contributed by atoms with Crippen molar-refractivity contribution in [3.8, 4) is 5.75 Å². The molecule has 42 heavy (non-hydrogen) atoms. The van der Waals surface area contributed by atoms with E-state index in [0.717, 1.165) is 4.31 Å². The number of ether oxygens (including phenoxy) is 1. The molecule has 0 heterocycles. The fraction of sp³-hybridized carbons (Fsp3) is 0.333. The molecule has 8 nitrogen and oxygen atoms in total. The highest BCUT2D eigenvalue weighted by Crippen LogP contribution is 2.30. The first-order valence-corrected chi connectivity index (χ1v) is 15.9. The first-order valence-electron chi connectivity index (χ1n) is 13.4. The Kier molecular flexibility index (Phi) is 11.9. The van der Waals surface area contributed by atoms with E-state index in [1.54, 1.807) is 43.3 Å². The first-order chi connectivity index (χ1) is 19.9. The fourth-order valence-electron chi connectivity index (χ4n) is 4.25. The largest absolute Gasteiger partial charge is 0.497 e. The molecule has 3 aromatic rings. The molecule has 1 N–H and O–H groups in total. The summed E-state index contributed by atoms with van der Waals surface area (Å²) in [4.78, 5) is 28.8. The van der Waals surface area contributed by atoms with Crippen LogP contribution in [0.4, 0.5) is 5.69 Å². The third-order valence-electron chi connectivity index (χ3n) is 6.80. The number of sulfonamides is 1. The first kappa shape index (κ1) is 33.5. The molecule has 0 spiro atoms. The van der Waals surface area contributed by atoms with Gasteiger partial charge in [0.15, 0.2) is 0 Å². The number of carbonyl (C=O) groups is 2. The number of nitrogens with zero attached hydrogens (tertiary/aromatic N) is 2. The van der Waals surface area contributed by atoms with Crippen molar-refractivity contribution in [2.75, 3.05) is 18.0 Å². The highest BCUT2D eigenvalue weighted by molar-refractivity contribution is 7.92. The van der Waals surface area contributed by atoms with E-state index in [4.69, 9.17) is 39.5 Å². The molecular weight excluding hydrogens is 621 g/mol. The predicted molar refractivity (Wildman–Crippen MR) is 168 cm³/mol. The zero-order valence-corrected chi connectivity index (χ0v) is 26.9. The standard InChI is InChI=1S/C30H34Cl3N3O5S/c1-5-20(3)34-30(38)28(6-2)35(18-25-26(32)11-8-12-27(25)33)29(37)19-36(22-10-7-9-21(31)17-22)42(39,40)24-15-13-23(41-4)14-16-24/h7-17,20,28H,5-6,18-19H2,1-4H3,(H,34,38)/t20-,28-/m0/s1. The van der Waals surface area contributed by atoms with Crippen LogP contribution in [0.25, 0.3) is 0 Å². The van der Waals surface area contributed by atoms with E-state index >= 15 is 0 Å². The molecule has 2 atom stereocenters. The lowest BCUT2D eigenvalue weighted by atomic mass is 10.1. The summed E-state index contributed by atoms with van der Waals surface area (Å²) in [6.07, 6.45) is 0.952. The van der Waals surface area contributed by atoms with Crippen LogP contribution in [0, 0.1) is 0 Å². The zero-order chi connectivity index (χ0) is 31.0. The minimum atomic E-state index is -4.27. The van der Waals surface area contributed by atoms with Crippen LogP contribution in [-0.4, -0.2) is 50.9 Å². The summed E-state index contributed by atoms with van der Waals surface area (Å²) in [7, 11) is -2.80. The van der Waals surface area contributed by atoms with Crippen LogP contribution in [0.15, 0.2) is 71.6 Å². The molecule has 0 aromatic heterocycles. The van der Waals surface area contributed by atoms with E-state index < -0.39 is 28.5 Å². The molecule has 0 fully saturated rings. The summed E-state index contributed by atoms with van der Waals surface area (Å²) < 4.78 is 34.1. The van der Waals surface area contributed by atoms with Crippen molar-refractivity contribution < 1.29 is 22.7 Å². The highest BCUT2D eigenvalue weighted by atomic mass is 35.5. The smallest absolute Gasteiger partial charge is 0.264 e. The van der Waals surface area contributed by atoms with Gasteiger partial charge in [0, 0.05) is 33.2 Å². The maximum absolute atomic E-state index is 14.2. The van der Waals surface area contributed by atoms with E-state index in [-0.39, 0.29) is 40.5 Å². The van der Waals surface area contributed by atoms with Crippen molar-refractivity contribution in [2.24, 2.45) is 0 Å². The van der Waals surface area contributed by atoms with Gasteiger partial charge in [-0.05, 0) is 74.4 Å². The monoisotopic (exact) mass is 653 g/mol. The quantitative estimate of drug-likeness (QED) is 0.225. The van der Waals surface area contributed by atoms with Crippen LogP contribution in [0.2, 0.25) is 15.1 Å². The Morgan fingerprint density at radius 1 is 0.929 bits per heavy atom. The summed E-state index contributed by atoms with van der Waals surface area (Å²) in [6, 6.07) is 15.9. The second-order valence-corrected chi connectivity index (χ2v) is 12.7. The number of nitrogens with one attached hydrogen (secondary N) is 1. The normalized spacial score (nSPS) is 12.7. The van der Waals surface area contributed by atoms with Gasteiger partial charge in [-0.1, -0.05) is 60.8 Å². The lowest BCUT2D eigenvalue weighted by molar-refractivity contribution is -0.140. The minimum absolute atomic E-state index is 0.0571. The molecule has 0 unspecified atom stereocenters. The van der Waals surface area contributed by atoms with Gasteiger partial charge in [-0.15, -0.1) is 0 Å². The Hall–Kier alpha value is -2.98. The number of methoxy groups -OCH3 is 1. The molecule has 2 amide bonds. The Morgan fingerprint density at radius 3 is 2.10 bits per heavy atom. The summed E-state index contributed by atoms with van der Waals surface area (Å²) in [5.74, 6) is -0.523. The van der Waals surface area contributed by atoms with Crippen LogP contribution in [0.5, 0.6) is 5.75 Å². The van der Waals surface area contributed by atoms with E-state index in [1.807, 2.05) is 13.8 Å². The van der Waals surface area contributed by atoms with Gasteiger partial charge in [0.25, 0.3) is 10.0 Å². The Morgan fingerprint density at radius 2 is 1.55 bits per heavy atom. The zero-order valence-electron chi connectivity index (χ0n) is 23.8. The molecule has 12 heteroatoms. The van der Waals surface area contributed by atoms with Crippen LogP contribution in [0.1, 0.15) is 39.2 Å². The second-order valence-electron chi connectivity index (χ2n) is 9.63. The molecule has 0 aliphatic rings. The van der Waals surface area contributed by atoms with Crippen molar-refractivity contribution in [3.63, 3.8) is 0 Å². The Bertz CT molecular complexity index is 1480. The molecular formula is C30H34Cl3N3O5S. The molecule has 0 aliphatic heterocycles. The van der Waals surface area contributed by atoms with E-state index in [2.05, 4.69) is 5.32 Å². The van der Waals surface area contributed by atoms with Gasteiger partial charge >= 0.3 is 0 Å². The summed E-state index contributed by atoms with van der Waals surface area (Å²) in [5.41, 5.74) is 0.621. The molecule has 226 valence electrons. The van der Waals surface area contributed by atoms with Gasteiger partial charge in [0.05, 0.1) is 17.7 Å². The number of anilines is 1. The fourth-order valence-corrected chi connectivity index (χ4v) is 6.36. The molecule has 3 aromatic carbocycles. The van der Waals surface area contributed by atoms with Gasteiger partial charge in [-0.25, -0.2) is 8.42 Å². The molecule has 3 rings (SSSR count). The molecule has 0 saturated heterocycles. The third kappa shape index (κ3) is 8.10. The van der Waals surface area contributed by atoms with Crippen molar-refractivity contribution in [1.29, 1.82) is 0 Å². The number of halogens is 3. The maximum atomic E-state index is 14.2. The number of rotatable bonds is 13. The van der Waals surface area contributed by atoms with Crippen molar-refractivity contribution in [3.05, 3.63) is 87.4 Å². The average molecular weight is 655 g/mol. The van der Waals surface area contributed by atoms with Gasteiger partial charge in [0.1, 0.15) is 18.3 Å². The van der Waals surface area contributed by atoms with Crippen LogP contribution < -0.4 is 14.4 Å². The van der Waals surface area contributed by atoms with Crippen LogP contribution >= 0.6 is 34.8 Å². The van der Waals surface area contributed by atoms with Crippen LogP contribution in [-0.2, 0) is 26.2 Å². The summed E-state index contributed by atoms with van der Waals surface area (Å²) in [6.45, 7) is 4.84. The minimum Gasteiger partial charge on any atom is -0.497 e.